The van der Waals surface area contributed by atoms with Gasteiger partial charge < -0.3 is 15.8 Å². The van der Waals surface area contributed by atoms with Gasteiger partial charge in [-0.3, -0.25) is 4.79 Å². The first kappa shape index (κ1) is 10.5. The maximum Gasteiger partial charge on any atom is 0.240 e. The summed E-state index contributed by atoms with van der Waals surface area (Å²) >= 11 is 0. The molecule has 1 amide bonds. The van der Waals surface area contributed by atoms with E-state index in [0.717, 1.165) is 12.8 Å². The van der Waals surface area contributed by atoms with E-state index in [1.54, 1.807) is 0 Å². The van der Waals surface area contributed by atoms with Crippen molar-refractivity contribution in [3.8, 4) is 0 Å². The number of amides is 1. The standard InChI is InChI=1S/C9H18N2O2/c1-7(2)13-6-5-11-8(12)9(10)3-4-9/h7H,3-6,10H2,1-2H3,(H,11,12). The molecule has 13 heavy (non-hydrogen) atoms. The molecule has 1 aliphatic carbocycles. The van der Waals surface area contributed by atoms with Crippen molar-refractivity contribution >= 4 is 5.91 Å². The zero-order valence-electron chi connectivity index (χ0n) is 8.30. The summed E-state index contributed by atoms with van der Waals surface area (Å²) in [6.07, 6.45) is 1.83. The summed E-state index contributed by atoms with van der Waals surface area (Å²) in [5, 5.41) is 2.75. The molecule has 0 aromatic heterocycles. The summed E-state index contributed by atoms with van der Waals surface area (Å²) in [6.45, 7) is 5.04. The molecule has 0 radical (unpaired) electrons. The van der Waals surface area contributed by atoms with E-state index in [1.165, 1.54) is 0 Å². The number of nitrogens with two attached hydrogens (primary N) is 1. The molecule has 4 nitrogen and oxygen atoms in total. The number of carbonyl (C=O) groups is 1. The summed E-state index contributed by atoms with van der Waals surface area (Å²) in [7, 11) is 0. The van der Waals surface area contributed by atoms with Crippen LogP contribution in [0.15, 0.2) is 0 Å². The molecule has 1 aliphatic rings. The number of ether oxygens (including phenoxy) is 1. The molecule has 0 spiro atoms. The van der Waals surface area contributed by atoms with Gasteiger partial charge in [0.1, 0.15) is 0 Å². The number of hydrogen-bond acceptors (Lipinski definition) is 3. The van der Waals surface area contributed by atoms with Crippen molar-refractivity contribution in [1.29, 1.82) is 0 Å². The fourth-order valence-electron chi connectivity index (χ4n) is 0.997. The lowest BCUT2D eigenvalue weighted by Crippen LogP contribution is -2.43. The largest absolute Gasteiger partial charge is 0.377 e. The molecule has 4 heteroatoms. The fraction of sp³-hybridized carbons (Fsp3) is 0.889. The van der Waals surface area contributed by atoms with Gasteiger partial charge in [-0.25, -0.2) is 0 Å². The monoisotopic (exact) mass is 186 g/mol. The van der Waals surface area contributed by atoms with E-state index in [-0.39, 0.29) is 12.0 Å². The summed E-state index contributed by atoms with van der Waals surface area (Å²) in [5.41, 5.74) is 5.12. The number of nitrogens with one attached hydrogen (secondary N) is 1. The molecule has 0 bridgehead atoms. The van der Waals surface area contributed by atoms with Gasteiger partial charge >= 0.3 is 0 Å². The van der Waals surface area contributed by atoms with E-state index < -0.39 is 5.54 Å². The summed E-state index contributed by atoms with van der Waals surface area (Å²) in [6, 6.07) is 0. The lowest BCUT2D eigenvalue weighted by molar-refractivity contribution is -0.123. The van der Waals surface area contributed by atoms with Crippen LogP contribution in [0.4, 0.5) is 0 Å². The van der Waals surface area contributed by atoms with Crippen LogP contribution >= 0.6 is 0 Å². The van der Waals surface area contributed by atoms with Gasteiger partial charge in [0.25, 0.3) is 0 Å². The predicted octanol–water partition coefficient (Wildman–Crippen LogP) is 0.0189. The minimum Gasteiger partial charge on any atom is -0.377 e. The highest BCUT2D eigenvalue weighted by atomic mass is 16.5. The quantitative estimate of drug-likeness (QED) is 0.595. The van der Waals surface area contributed by atoms with Crippen molar-refractivity contribution < 1.29 is 9.53 Å². The summed E-state index contributed by atoms with van der Waals surface area (Å²) < 4.78 is 5.27. The normalized spacial score (nSPS) is 18.8. The Morgan fingerprint density at radius 3 is 2.69 bits per heavy atom. The van der Waals surface area contributed by atoms with Gasteiger partial charge in [-0.2, -0.15) is 0 Å². The molecule has 0 atom stereocenters. The minimum atomic E-state index is -0.558. The van der Waals surface area contributed by atoms with Crippen molar-refractivity contribution in [2.75, 3.05) is 13.2 Å². The average Bonchev–Trinajstić information content (AvgIpc) is 2.78. The van der Waals surface area contributed by atoms with Crippen LogP contribution in [-0.4, -0.2) is 30.7 Å². The smallest absolute Gasteiger partial charge is 0.240 e. The average molecular weight is 186 g/mol. The zero-order valence-corrected chi connectivity index (χ0v) is 8.30. The molecule has 0 aromatic rings. The highest BCUT2D eigenvalue weighted by Crippen LogP contribution is 2.31. The fourth-order valence-corrected chi connectivity index (χ4v) is 0.997. The van der Waals surface area contributed by atoms with E-state index in [9.17, 15) is 4.79 Å². The molecular formula is C9H18N2O2. The Balaban J connectivity index is 2.03. The molecular weight excluding hydrogens is 168 g/mol. The molecule has 0 aliphatic heterocycles. The maximum atomic E-state index is 11.3. The van der Waals surface area contributed by atoms with Crippen LogP contribution in [0.5, 0.6) is 0 Å². The topological polar surface area (TPSA) is 64.3 Å². The van der Waals surface area contributed by atoms with Crippen LogP contribution in [0.2, 0.25) is 0 Å². The van der Waals surface area contributed by atoms with Crippen LogP contribution in [0, 0.1) is 0 Å². The zero-order chi connectivity index (χ0) is 9.90. The Morgan fingerprint density at radius 2 is 2.23 bits per heavy atom. The van der Waals surface area contributed by atoms with E-state index >= 15 is 0 Å². The van der Waals surface area contributed by atoms with E-state index in [1.807, 2.05) is 13.8 Å². The van der Waals surface area contributed by atoms with Gasteiger partial charge in [-0.1, -0.05) is 0 Å². The van der Waals surface area contributed by atoms with Crippen molar-refractivity contribution in [2.45, 2.75) is 38.3 Å². The molecule has 0 unspecified atom stereocenters. The second-order valence-electron chi connectivity index (χ2n) is 3.83. The molecule has 1 rings (SSSR count). The Bertz CT molecular complexity index is 188. The lowest BCUT2D eigenvalue weighted by atomic mass is 10.3. The summed E-state index contributed by atoms with van der Waals surface area (Å²) in [4.78, 5) is 11.3. The number of rotatable bonds is 5. The second kappa shape index (κ2) is 4.07. The van der Waals surface area contributed by atoms with E-state index in [0.29, 0.717) is 13.2 Å². The van der Waals surface area contributed by atoms with Gasteiger partial charge in [0.2, 0.25) is 5.91 Å². The Kier molecular flexibility index (Phi) is 3.27. The third kappa shape index (κ3) is 3.32. The van der Waals surface area contributed by atoms with Gasteiger partial charge in [-0.05, 0) is 26.7 Å². The molecule has 76 valence electrons. The number of hydrogen-bond donors (Lipinski definition) is 2. The van der Waals surface area contributed by atoms with Crippen LogP contribution in [0.3, 0.4) is 0 Å². The molecule has 3 N–H and O–H groups in total. The maximum absolute atomic E-state index is 11.3. The second-order valence-corrected chi connectivity index (χ2v) is 3.83. The highest BCUT2D eigenvalue weighted by Gasteiger charge is 2.45. The van der Waals surface area contributed by atoms with Crippen molar-refractivity contribution in [2.24, 2.45) is 5.73 Å². The molecule has 0 aromatic carbocycles. The lowest BCUT2D eigenvalue weighted by Gasteiger charge is -2.11. The first-order valence-electron chi connectivity index (χ1n) is 4.73. The number of carbonyl (C=O) groups excluding carboxylic acids is 1. The molecule has 0 saturated heterocycles. The van der Waals surface area contributed by atoms with Crippen molar-refractivity contribution in [3.05, 3.63) is 0 Å². The minimum absolute atomic E-state index is 0.0418. The van der Waals surface area contributed by atoms with E-state index in [4.69, 9.17) is 10.5 Å². The molecule has 1 saturated carbocycles. The molecule has 0 heterocycles. The Labute approximate surface area is 78.8 Å². The third-order valence-electron chi connectivity index (χ3n) is 2.08. The third-order valence-corrected chi connectivity index (χ3v) is 2.08. The van der Waals surface area contributed by atoms with Crippen LogP contribution in [-0.2, 0) is 9.53 Å². The highest BCUT2D eigenvalue weighted by molar-refractivity contribution is 5.88. The summed E-state index contributed by atoms with van der Waals surface area (Å²) in [5.74, 6) is -0.0418. The van der Waals surface area contributed by atoms with Crippen LogP contribution in [0.1, 0.15) is 26.7 Å². The van der Waals surface area contributed by atoms with Gasteiger partial charge in [0.15, 0.2) is 0 Å². The van der Waals surface area contributed by atoms with Crippen molar-refractivity contribution in [1.82, 2.24) is 5.32 Å². The van der Waals surface area contributed by atoms with Crippen LogP contribution in [0.25, 0.3) is 0 Å². The first-order chi connectivity index (χ1) is 6.04. The Morgan fingerprint density at radius 1 is 1.62 bits per heavy atom. The Hall–Kier alpha value is -0.610. The predicted molar refractivity (Wildman–Crippen MR) is 50.3 cm³/mol. The van der Waals surface area contributed by atoms with Gasteiger partial charge in [0.05, 0.1) is 18.2 Å². The first-order valence-corrected chi connectivity index (χ1v) is 4.73. The van der Waals surface area contributed by atoms with Gasteiger partial charge in [0, 0.05) is 6.54 Å². The van der Waals surface area contributed by atoms with Crippen LogP contribution < -0.4 is 11.1 Å². The van der Waals surface area contributed by atoms with Gasteiger partial charge in [-0.15, -0.1) is 0 Å². The van der Waals surface area contributed by atoms with Crippen molar-refractivity contribution in [3.63, 3.8) is 0 Å². The molecule has 1 fully saturated rings. The van der Waals surface area contributed by atoms with E-state index in [2.05, 4.69) is 5.32 Å². The SMILES string of the molecule is CC(C)OCCNC(=O)C1(N)CC1.